The third kappa shape index (κ3) is 5.05. The number of rotatable bonds is 5. The Morgan fingerprint density at radius 2 is 1.47 bits per heavy atom. The molecule has 1 aliphatic rings. The van der Waals surface area contributed by atoms with E-state index in [9.17, 15) is 0 Å². The van der Waals surface area contributed by atoms with Gasteiger partial charge in [-0.3, -0.25) is 4.99 Å². The van der Waals surface area contributed by atoms with Gasteiger partial charge in [0.15, 0.2) is 0 Å². The molecule has 2 heterocycles. The summed E-state index contributed by atoms with van der Waals surface area (Å²) in [6, 6.07) is 24.3. The number of aromatic nitrogens is 2. The molecule has 5 nitrogen and oxygen atoms in total. The maximum atomic E-state index is 6.28. The molecule has 0 unspecified atom stereocenters. The van der Waals surface area contributed by atoms with Crippen LogP contribution in [0.3, 0.4) is 0 Å². The van der Waals surface area contributed by atoms with E-state index < -0.39 is 0 Å². The summed E-state index contributed by atoms with van der Waals surface area (Å²) in [7, 11) is 0. The van der Waals surface area contributed by atoms with Gasteiger partial charge in [-0.25, -0.2) is 0 Å². The molecule has 5 rings (SSSR count). The number of hydrogen-bond donors (Lipinski definition) is 0. The van der Waals surface area contributed by atoms with Crippen LogP contribution in [-0.2, 0) is 10.2 Å². The van der Waals surface area contributed by atoms with Gasteiger partial charge in [-0.05, 0) is 59.4 Å². The summed E-state index contributed by atoms with van der Waals surface area (Å²) in [6.07, 6.45) is 4.72. The highest BCUT2D eigenvalue weighted by Crippen LogP contribution is 2.29. The standard InChI is InChI=1S/C31H29N3O2/c1-5-21-11-13-22(14-12-21)27-10-7-19-32-28(35-27)24-8-6-9-25(20-24)30-34-33-29(36-30)23-15-17-26(18-16-23)31(2,3)4/h5-6,8-18,20H,1,7,19H2,2-4H3. The van der Waals surface area contributed by atoms with E-state index in [1.54, 1.807) is 0 Å². The van der Waals surface area contributed by atoms with Crippen molar-refractivity contribution in [1.82, 2.24) is 10.2 Å². The smallest absolute Gasteiger partial charge is 0.248 e. The molecule has 0 bridgehead atoms. The van der Waals surface area contributed by atoms with Gasteiger partial charge in [0.2, 0.25) is 17.7 Å². The molecule has 0 saturated heterocycles. The Balaban J connectivity index is 1.38. The quantitative estimate of drug-likeness (QED) is 0.299. The SMILES string of the molecule is C=Cc1ccc(C2=CCCN=C(c3cccc(-c4nnc(-c5ccc(C(C)(C)C)cc5)o4)c3)O2)cc1. The maximum absolute atomic E-state index is 6.28. The first-order valence-corrected chi connectivity index (χ1v) is 12.1. The predicted octanol–water partition coefficient (Wildman–Crippen LogP) is 7.55. The molecule has 1 aliphatic heterocycles. The molecule has 0 saturated carbocycles. The van der Waals surface area contributed by atoms with Crippen molar-refractivity contribution in [3.05, 3.63) is 108 Å². The molecular weight excluding hydrogens is 446 g/mol. The fourth-order valence-corrected chi connectivity index (χ4v) is 4.00. The number of aliphatic imine (C=N–C) groups is 1. The van der Waals surface area contributed by atoms with Crippen LogP contribution >= 0.6 is 0 Å². The molecule has 5 heteroatoms. The molecule has 0 spiro atoms. The van der Waals surface area contributed by atoms with Crippen molar-refractivity contribution >= 4 is 17.7 Å². The summed E-state index contributed by atoms with van der Waals surface area (Å²) in [4.78, 5) is 4.68. The molecule has 36 heavy (non-hydrogen) atoms. The molecule has 0 fully saturated rings. The zero-order chi connectivity index (χ0) is 25.1. The van der Waals surface area contributed by atoms with Crippen molar-refractivity contribution in [2.24, 2.45) is 4.99 Å². The second-order valence-corrected chi connectivity index (χ2v) is 9.79. The van der Waals surface area contributed by atoms with Gasteiger partial charge < -0.3 is 9.15 Å². The van der Waals surface area contributed by atoms with Crippen LogP contribution in [0.25, 0.3) is 34.7 Å². The maximum Gasteiger partial charge on any atom is 0.248 e. The van der Waals surface area contributed by atoms with Crippen molar-refractivity contribution in [2.75, 3.05) is 6.54 Å². The fraction of sp³-hybridized carbons (Fsp3) is 0.194. The van der Waals surface area contributed by atoms with E-state index in [-0.39, 0.29) is 5.41 Å². The van der Waals surface area contributed by atoms with Gasteiger partial charge in [0.05, 0.1) is 0 Å². The molecular formula is C31H29N3O2. The van der Waals surface area contributed by atoms with Crippen molar-refractivity contribution in [1.29, 1.82) is 0 Å². The van der Waals surface area contributed by atoms with E-state index in [2.05, 4.69) is 60.7 Å². The number of ether oxygens (including phenoxy) is 1. The van der Waals surface area contributed by atoms with Gasteiger partial charge in [-0.15, -0.1) is 10.2 Å². The minimum absolute atomic E-state index is 0.0891. The van der Waals surface area contributed by atoms with E-state index in [1.807, 2.05) is 66.7 Å². The average Bonchev–Trinajstić information content (AvgIpc) is 3.27. The molecule has 0 radical (unpaired) electrons. The minimum atomic E-state index is 0.0891. The summed E-state index contributed by atoms with van der Waals surface area (Å²) in [5.41, 5.74) is 5.99. The third-order valence-corrected chi connectivity index (χ3v) is 6.13. The van der Waals surface area contributed by atoms with Gasteiger partial charge in [0.1, 0.15) is 5.76 Å². The summed E-state index contributed by atoms with van der Waals surface area (Å²) < 4.78 is 12.3. The van der Waals surface area contributed by atoms with Crippen LogP contribution in [0.5, 0.6) is 0 Å². The van der Waals surface area contributed by atoms with Crippen molar-refractivity contribution < 1.29 is 9.15 Å². The van der Waals surface area contributed by atoms with Gasteiger partial charge in [-0.2, -0.15) is 0 Å². The Morgan fingerprint density at radius 1 is 0.806 bits per heavy atom. The van der Waals surface area contributed by atoms with Crippen LogP contribution in [0.1, 0.15) is 49.4 Å². The highest BCUT2D eigenvalue weighted by atomic mass is 16.5. The van der Waals surface area contributed by atoms with Gasteiger partial charge in [0, 0.05) is 28.8 Å². The molecule has 4 aromatic rings. The van der Waals surface area contributed by atoms with E-state index >= 15 is 0 Å². The van der Waals surface area contributed by atoms with Gasteiger partial charge >= 0.3 is 0 Å². The number of hydrogen-bond acceptors (Lipinski definition) is 5. The van der Waals surface area contributed by atoms with Crippen LogP contribution < -0.4 is 0 Å². The minimum Gasteiger partial charge on any atom is -0.438 e. The zero-order valence-electron chi connectivity index (χ0n) is 20.9. The lowest BCUT2D eigenvalue weighted by molar-refractivity contribution is 0.509. The van der Waals surface area contributed by atoms with Crippen LogP contribution in [-0.4, -0.2) is 22.6 Å². The first kappa shape index (κ1) is 23.5. The highest BCUT2D eigenvalue weighted by Gasteiger charge is 2.17. The third-order valence-electron chi connectivity index (χ3n) is 6.13. The first-order chi connectivity index (χ1) is 17.4. The first-order valence-electron chi connectivity index (χ1n) is 12.1. The molecule has 0 atom stereocenters. The average molecular weight is 476 g/mol. The summed E-state index contributed by atoms with van der Waals surface area (Å²) >= 11 is 0. The molecule has 1 aromatic heterocycles. The van der Waals surface area contributed by atoms with Crippen molar-refractivity contribution in [3.63, 3.8) is 0 Å². The largest absolute Gasteiger partial charge is 0.438 e. The summed E-state index contributed by atoms with van der Waals surface area (Å²) in [6.45, 7) is 11.1. The molecule has 0 aliphatic carbocycles. The van der Waals surface area contributed by atoms with E-state index in [1.165, 1.54) is 5.56 Å². The Labute approximate surface area is 211 Å². The van der Waals surface area contributed by atoms with Crippen LogP contribution in [0, 0.1) is 0 Å². The summed E-state index contributed by atoms with van der Waals surface area (Å²) in [5.74, 6) is 2.32. The number of nitrogens with zero attached hydrogens (tertiary/aromatic N) is 3. The predicted molar refractivity (Wildman–Crippen MR) is 145 cm³/mol. The Bertz CT molecular complexity index is 1440. The Hall–Kier alpha value is -4.25. The van der Waals surface area contributed by atoms with E-state index in [0.29, 0.717) is 24.2 Å². The van der Waals surface area contributed by atoms with Crippen molar-refractivity contribution in [3.8, 4) is 22.9 Å². The Kier molecular flexibility index (Phi) is 6.38. The summed E-state index contributed by atoms with van der Waals surface area (Å²) in [5, 5.41) is 8.58. The van der Waals surface area contributed by atoms with Crippen LogP contribution in [0.15, 0.2) is 94.9 Å². The molecule has 180 valence electrons. The van der Waals surface area contributed by atoms with Gasteiger partial charge in [-0.1, -0.05) is 75.9 Å². The lowest BCUT2D eigenvalue weighted by Crippen LogP contribution is -2.10. The van der Waals surface area contributed by atoms with E-state index in [4.69, 9.17) is 9.15 Å². The van der Waals surface area contributed by atoms with Crippen LogP contribution in [0.2, 0.25) is 0 Å². The monoisotopic (exact) mass is 475 g/mol. The second kappa shape index (κ2) is 9.78. The molecule has 0 amide bonds. The Morgan fingerprint density at radius 3 is 2.17 bits per heavy atom. The lowest BCUT2D eigenvalue weighted by Gasteiger charge is -2.18. The zero-order valence-corrected chi connectivity index (χ0v) is 20.9. The normalized spacial score (nSPS) is 13.9. The lowest BCUT2D eigenvalue weighted by atomic mass is 9.87. The topological polar surface area (TPSA) is 60.5 Å². The van der Waals surface area contributed by atoms with Crippen molar-refractivity contribution in [2.45, 2.75) is 32.6 Å². The fourth-order valence-electron chi connectivity index (χ4n) is 4.00. The highest BCUT2D eigenvalue weighted by molar-refractivity contribution is 5.98. The molecule has 3 aromatic carbocycles. The van der Waals surface area contributed by atoms with Crippen LogP contribution in [0.4, 0.5) is 0 Å². The second-order valence-electron chi connectivity index (χ2n) is 9.79. The van der Waals surface area contributed by atoms with E-state index in [0.717, 1.165) is 40.0 Å². The number of benzene rings is 3. The van der Waals surface area contributed by atoms with Gasteiger partial charge in [0.25, 0.3) is 0 Å². The molecule has 0 N–H and O–H groups in total.